The highest BCUT2D eigenvalue weighted by atomic mass is 16.5. The SMILES string of the molecule is COc1ccc(Cn2nnnc2[C@@H](c2cc3c(C)cc(C)cc3[nH]c2=O)N2CCC(C)CC2)cc1. The number of pyridine rings is 1. The van der Waals surface area contributed by atoms with Crippen LogP contribution in [0.1, 0.15) is 53.9 Å². The molecule has 0 unspecified atom stereocenters. The summed E-state index contributed by atoms with van der Waals surface area (Å²) >= 11 is 0. The Balaban J connectivity index is 1.60. The Kier molecular flexibility index (Phi) is 6.38. The summed E-state index contributed by atoms with van der Waals surface area (Å²) in [6.45, 7) is 8.72. The molecule has 1 saturated heterocycles. The van der Waals surface area contributed by atoms with E-state index in [0.717, 1.165) is 59.3 Å². The van der Waals surface area contributed by atoms with Gasteiger partial charge in [0.05, 0.1) is 13.7 Å². The molecule has 2 aromatic heterocycles. The van der Waals surface area contributed by atoms with E-state index in [1.807, 2.05) is 48.0 Å². The number of hydrogen-bond donors (Lipinski definition) is 1. The average Bonchev–Trinajstić information content (AvgIpc) is 3.29. The van der Waals surface area contributed by atoms with Crippen LogP contribution in [-0.4, -0.2) is 50.3 Å². The molecule has 0 aliphatic carbocycles. The fourth-order valence-corrected chi connectivity index (χ4v) is 5.10. The predicted molar refractivity (Wildman–Crippen MR) is 136 cm³/mol. The van der Waals surface area contributed by atoms with E-state index in [9.17, 15) is 4.79 Å². The Hall–Kier alpha value is -3.52. The summed E-state index contributed by atoms with van der Waals surface area (Å²) in [6.07, 6.45) is 2.17. The molecule has 0 bridgehead atoms. The van der Waals surface area contributed by atoms with E-state index in [-0.39, 0.29) is 11.6 Å². The number of fused-ring (bicyclic) bond motifs is 1. The molecule has 5 rings (SSSR count). The van der Waals surface area contributed by atoms with Crippen LogP contribution in [0, 0.1) is 19.8 Å². The topological polar surface area (TPSA) is 88.9 Å². The lowest BCUT2D eigenvalue weighted by molar-refractivity contribution is 0.149. The minimum Gasteiger partial charge on any atom is -0.497 e. The number of nitrogens with one attached hydrogen (secondary N) is 1. The largest absolute Gasteiger partial charge is 0.497 e. The van der Waals surface area contributed by atoms with Crippen molar-refractivity contribution in [2.24, 2.45) is 5.92 Å². The summed E-state index contributed by atoms with van der Waals surface area (Å²) in [5.41, 5.74) is 4.78. The van der Waals surface area contributed by atoms with Gasteiger partial charge in [0.25, 0.3) is 5.56 Å². The van der Waals surface area contributed by atoms with Crippen LogP contribution in [-0.2, 0) is 6.54 Å². The van der Waals surface area contributed by atoms with Gasteiger partial charge in [0.2, 0.25) is 0 Å². The minimum absolute atomic E-state index is 0.0925. The number of aromatic nitrogens is 5. The van der Waals surface area contributed by atoms with Gasteiger partial charge in [-0.05, 0) is 97.1 Å². The first kappa shape index (κ1) is 23.2. The number of aryl methyl sites for hydroxylation is 2. The molecule has 0 spiro atoms. The van der Waals surface area contributed by atoms with Crippen LogP contribution < -0.4 is 10.3 Å². The summed E-state index contributed by atoms with van der Waals surface area (Å²) in [7, 11) is 1.66. The summed E-state index contributed by atoms with van der Waals surface area (Å²) in [5.74, 6) is 2.16. The molecular weight excluding hydrogens is 440 g/mol. The molecule has 1 atom stereocenters. The average molecular weight is 473 g/mol. The van der Waals surface area contributed by atoms with E-state index in [2.05, 4.69) is 45.3 Å². The van der Waals surface area contributed by atoms with Gasteiger partial charge in [0.15, 0.2) is 5.82 Å². The Bertz CT molecular complexity index is 1380. The van der Waals surface area contributed by atoms with Crippen molar-refractivity contribution in [3.63, 3.8) is 0 Å². The first-order valence-electron chi connectivity index (χ1n) is 12.2. The molecule has 3 heterocycles. The number of methoxy groups -OCH3 is 1. The second-order valence-electron chi connectivity index (χ2n) is 9.76. The molecule has 8 heteroatoms. The van der Waals surface area contributed by atoms with Crippen LogP contribution in [0.4, 0.5) is 0 Å². The van der Waals surface area contributed by atoms with Crippen molar-refractivity contribution >= 4 is 10.9 Å². The molecule has 35 heavy (non-hydrogen) atoms. The lowest BCUT2D eigenvalue weighted by atomic mass is 9.94. The van der Waals surface area contributed by atoms with Gasteiger partial charge in [-0.15, -0.1) is 5.10 Å². The molecule has 2 aromatic carbocycles. The zero-order valence-corrected chi connectivity index (χ0v) is 20.8. The minimum atomic E-state index is -0.329. The standard InChI is InChI=1S/C27H32N6O2/c1-17-9-11-32(12-10-17)25(23-15-22-19(3)13-18(2)14-24(22)28-27(23)34)26-29-30-31-33(26)16-20-5-7-21(35-4)8-6-20/h5-8,13-15,17,25H,9-12,16H2,1-4H3,(H,28,34)/t25-/m1/s1. The Morgan fingerprint density at radius 3 is 2.57 bits per heavy atom. The number of rotatable bonds is 6. The highest BCUT2D eigenvalue weighted by Crippen LogP contribution is 2.31. The van der Waals surface area contributed by atoms with Gasteiger partial charge in [-0.2, -0.15) is 0 Å². The normalized spacial score (nSPS) is 16.0. The van der Waals surface area contributed by atoms with Gasteiger partial charge >= 0.3 is 0 Å². The van der Waals surface area contributed by atoms with Crippen molar-refractivity contribution in [3.05, 3.63) is 80.9 Å². The molecule has 0 amide bonds. The van der Waals surface area contributed by atoms with Crippen LogP contribution in [0.25, 0.3) is 10.9 Å². The Labute approximate surface area is 204 Å². The number of H-pyrrole nitrogens is 1. The fourth-order valence-electron chi connectivity index (χ4n) is 5.10. The van der Waals surface area contributed by atoms with E-state index < -0.39 is 0 Å². The number of piperidine rings is 1. The van der Waals surface area contributed by atoms with Gasteiger partial charge in [-0.1, -0.05) is 25.1 Å². The zero-order chi connectivity index (χ0) is 24.5. The van der Waals surface area contributed by atoms with E-state index >= 15 is 0 Å². The first-order valence-corrected chi connectivity index (χ1v) is 12.2. The number of benzene rings is 2. The van der Waals surface area contributed by atoms with E-state index in [1.54, 1.807) is 7.11 Å². The second-order valence-corrected chi connectivity index (χ2v) is 9.76. The maximum Gasteiger partial charge on any atom is 0.253 e. The molecule has 0 saturated carbocycles. The predicted octanol–water partition coefficient (Wildman–Crippen LogP) is 4.01. The number of ether oxygens (including phenoxy) is 1. The molecule has 0 radical (unpaired) electrons. The third kappa shape index (κ3) is 4.71. The molecule has 182 valence electrons. The number of aromatic amines is 1. The number of nitrogens with zero attached hydrogens (tertiary/aromatic N) is 5. The van der Waals surface area contributed by atoms with E-state index in [0.29, 0.717) is 23.9 Å². The summed E-state index contributed by atoms with van der Waals surface area (Å²) in [6, 6.07) is 13.8. The smallest absolute Gasteiger partial charge is 0.253 e. The molecule has 1 N–H and O–H groups in total. The number of likely N-dealkylation sites (tertiary alicyclic amines) is 1. The third-order valence-electron chi connectivity index (χ3n) is 7.11. The molecular formula is C27H32N6O2. The number of hydrogen-bond acceptors (Lipinski definition) is 6. The quantitative estimate of drug-likeness (QED) is 0.456. The van der Waals surface area contributed by atoms with Gasteiger partial charge in [0, 0.05) is 16.5 Å². The van der Waals surface area contributed by atoms with Gasteiger partial charge < -0.3 is 9.72 Å². The summed E-state index contributed by atoms with van der Waals surface area (Å²) in [4.78, 5) is 19.0. The van der Waals surface area contributed by atoms with Crippen molar-refractivity contribution in [3.8, 4) is 5.75 Å². The van der Waals surface area contributed by atoms with Crippen LogP contribution in [0.5, 0.6) is 5.75 Å². The van der Waals surface area contributed by atoms with Crippen LogP contribution >= 0.6 is 0 Å². The maximum absolute atomic E-state index is 13.5. The summed E-state index contributed by atoms with van der Waals surface area (Å²) in [5, 5.41) is 13.9. The Morgan fingerprint density at radius 2 is 1.86 bits per heavy atom. The maximum atomic E-state index is 13.5. The highest BCUT2D eigenvalue weighted by Gasteiger charge is 2.32. The zero-order valence-electron chi connectivity index (χ0n) is 20.8. The van der Waals surface area contributed by atoms with Crippen LogP contribution in [0.3, 0.4) is 0 Å². The molecule has 1 fully saturated rings. The van der Waals surface area contributed by atoms with Crippen molar-refractivity contribution < 1.29 is 4.74 Å². The lowest BCUT2D eigenvalue weighted by Crippen LogP contribution is -2.40. The van der Waals surface area contributed by atoms with Gasteiger partial charge in [-0.3, -0.25) is 9.69 Å². The molecule has 4 aromatic rings. The molecule has 1 aliphatic heterocycles. The molecule has 1 aliphatic rings. The van der Waals surface area contributed by atoms with E-state index in [4.69, 9.17) is 4.74 Å². The van der Waals surface area contributed by atoms with Gasteiger partial charge in [-0.25, -0.2) is 4.68 Å². The van der Waals surface area contributed by atoms with Crippen molar-refractivity contribution in [1.82, 2.24) is 30.1 Å². The van der Waals surface area contributed by atoms with Gasteiger partial charge in [0.1, 0.15) is 11.8 Å². The number of tetrazole rings is 1. The monoisotopic (exact) mass is 472 g/mol. The van der Waals surface area contributed by atoms with Crippen molar-refractivity contribution in [1.29, 1.82) is 0 Å². The van der Waals surface area contributed by atoms with Crippen molar-refractivity contribution in [2.75, 3.05) is 20.2 Å². The highest BCUT2D eigenvalue weighted by molar-refractivity contribution is 5.83. The second kappa shape index (κ2) is 9.62. The molecule has 8 nitrogen and oxygen atoms in total. The van der Waals surface area contributed by atoms with E-state index in [1.165, 1.54) is 0 Å². The van der Waals surface area contributed by atoms with Crippen LogP contribution in [0.2, 0.25) is 0 Å². The van der Waals surface area contributed by atoms with Crippen LogP contribution in [0.15, 0.2) is 47.3 Å². The Morgan fingerprint density at radius 1 is 1.11 bits per heavy atom. The summed E-state index contributed by atoms with van der Waals surface area (Å²) < 4.78 is 7.10. The fraction of sp³-hybridized carbons (Fsp3) is 0.407. The third-order valence-corrected chi connectivity index (χ3v) is 7.11. The van der Waals surface area contributed by atoms with Crippen molar-refractivity contribution in [2.45, 2.75) is 46.2 Å². The first-order chi connectivity index (χ1) is 16.9. The lowest BCUT2D eigenvalue weighted by Gasteiger charge is -2.36.